The summed E-state index contributed by atoms with van der Waals surface area (Å²) < 4.78 is 77.8. The molecule has 1 aliphatic rings. The fourth-order valence-corrected chi connectivity index (χ4v) is 6.14. The van der Waals surface area contributed by atoms with E-state index in [1.165, 1.54) is 50.1 Å². The number of amides is 3. The smallest absolute Gasteiger partial charge is 0.298 e. The molecule has 3 N–H and O–H groups in total. The van der Waals surface area contributed by atoms with Gasteiger partial charge in [-0.05, 0) is 50.7 Å². The number of aromatic nitrogens is 2. The fourth-order valence-electron chi connectivity index (χ4n) is 4.99. The van der Waals surface area contributed by atoms with Crippen LogP contribution in [0.15, 0.2) is 70.4 Å². The van der Waals surface area contributed by atoms with Crippen LogP contribution in [0.3, 0.4) is 0 Å². The average Bonchev–Trinajstić information content (AvgIpc) is 3.72. The molecule has 0 saturated carbocycles. The second-order valence-corrected chi connectivity index (χ2v) is 14.5. The van der Waals surface area contributed by atoms with E-state index in [0.29, 0.717) is 30.5 Å². The molecule has 0 aliphatic carbocycles. The predicted molar refractivity (Wildman–Crippen MR) is 190 cm³/mol. The van der Waals surface area contributed by atoms with Crippen molar-refractivity contribution in [1.29, 1.82) is 0 Å². The van der Waals surface area contributed by atoms with E-state index in [9.17, 15) is 35.8 Å². The zero-order chi connectivity index (χ0) is 38.3. The SMILES string of the molecule is CCN(CC)CC.O=C(CCCCOc1ccc(-c2cnc(-c3cc[n+](CCCS(=O)(=O)O)cc3)o2)cc1S(=O)(=O)O)NCCN1C(=O)C=CC1=O. The van der Waals surface area contributed by atoms with Gasteiger partial charge in [-0.25, -0.2) is 9.55 Å². The summed E-state index contributed by atoms with van der Waals surface area (Å²) >= 11 is 0. The Morgan fingerprint density at radius 1 is 0.942 bits per heavy atom. The Kier molecular flexibility index (Phi) is 16.1. The molecule has 1 aromatic carbocycles. The number of ether oxygens (including phenoxy) is 1. The number of imide groups is 1. The van der Waals surface area contributed by atoms with Crippen LogP contribution in [0.25, 0.3) is 22.8 Å². The van der Waals surface area contributed by atoms with Crippen LogP contribution < -0.4 is 14.6 Å². The van der Waals surface area contributed by atoms with Gasteiger partial charge in [0.25, 0.3) is 32.1 Å². The highest BCUT2D eigenvalue weighted by molar-refractivity contribution is 7.86. The first kappa shape index (κ1) is 41.9. The molecular weight excluding hydrogens is 719 g/mol. The van der Waals surface area contributed by atoms with E-state index >= 15 is 0 Å². The monoisotopic (exact) mass is 764 g/mol. The van der Waals surface area contributed by atoms with E-state index in [1.807, 2.05) is 0 Å². The largest absolute Gasteiger partial charge is 0.492 e. The van der Waals surface area contributed by atoms with Crippen molar-refractivity contribution in [3.05, 3.63) is 61.1 Å². The van der Waals surface area contributed by atoms with Gasteiger partial charge in [-0.1, -0.05) is 20.8 Å². The number of unbranched alkanes of at least 4 members (excludes halogenated alkanes) is 1. The zero-order valence-electron chi connectivity index (χ0n) is 29.4. The van der Waals surface area contributed by atoms with Crippen molar-refractivity contribution in [3.63, 3.8) is 0 Å². The number of nitrogens with zero attached hydrogens (tertiary/aromatic N) is 4. The van der Waals surface area contributed by atoms with Gasteiger partial charge in [-0.3, -0.25) is 28.4 Å². The van der Waals surface area contributed by atoms with E-state index in [2.05, 4.69) is 36.0 Å². The summed E-state index contributed by atoms with van der Waals surface area (Å²) in [5, 5.41) is 2.63. The van der Waals surface area contributed by atoms with Crippen molar-refractivity contribution < 1.29 is 54.0 Å². The minimum absolute atomic E-state index is 0.0634. The molecule has 0 fully saturated rings. The number of pyridine rings is 1. The number of rotatable bonds is 19. The van der Waals surface area contributed by atoms with Crippen LogP contribution in [-0.2, 0) is 41.2 Å². The molecule has 2 aromatic heterocycles. The normalized spacial score (nSPS) is 13.0. The molecule has 1 aliphatic heterocycles. The standard InChI is InChI=1S/C28H30N4O11S2.C6H15N/c33-25(29-11-15-32-26(34)7-8-27(32)35)4-1-2-16-42-22-6-5-21(18-24(22)45(39,40)41)23-19-30-28(43-23)20-9-13-31(14-10-20)12-3-17-44(36,37)38;1-4-7(5-2)6-3/h5-10,13-14,18-19H,1-4,11-12,15-17H2,(H2-,29,33,36,37,38,39,40,41);4-6H2,1-3H3/p+1. The van der Waals surface area contributed by atoms with E-state index < -0.39 is 36.9 Å². The Hall–Kier alpha value is -4.49. The molecule has 0 saturated heterocycles. The van der Waals surface area contributed by atoms with Gasteiger partial charge >= 0.3 is 0 Å². The van der Waals surface area contributed by atoms with Crippen LogP contribution in [0.4, 0.5) is 0 Å². The number of carbonyl (C=O) groups excluding carboxylic acids is 3. The van der Waals surface area contributed by atoms with Crippen molar-refractivity contribution in [2.24, 2.45) is 0 Å². The highest BCUT2D eigenvalue weighted by Gasteiger charge is 2.23. The Morgan fingerprint density at radius 2 is 1.60 bits per heavy atom. The first-order valence-corrected chi connectivity index (χ1v) is 19.9. The van der Waals surface area contributed by atoms with E-state index in [-0.39, 0.29) is 61.6 Å². The number of hydrogen-bond donors (Lipinski definition) is 3. The third kappa shape index (κ3) is 13.6. The summed E-state index contributed by atoms with van der Waals surface area (Å²) in [5.41, 5.74) is 0.916. The first-order chi connectivity index (χ1) is 24.6. The van der Waals surface area contributed by atoms with E-state index in [0.717, 1.165) is 4.90 Å². The maximum Gasteiger partial charge on any atom is 0.298 e. The van der Waals surface area contributed by atoms with Crippen LogP contribution >= 0.6 is 0 Å². The molecule has 3 aromatic rings. The van der Waals surface area contributed by atoms with Crippen molar-refractivity contribution in [1.82, 2.24) is 20.1 Å². The summed E-state index contributed by atoms with van der Waals surface area (Å²) in [7, 11) is -8.71. The van der Waals surface area contributed by atoms with Crippen LogP contribution in [0.2, 0.25) is 0 Å². The topological polar surface area (TPSA) is 218 Å². The van der Waals surface area contributed by atoms with Gasteiger partial charge in [-0.2, -0.15) is 16.8 Å². The summed E-state index contributed by atoms with van der Waals surface area (Å²) in [4.78, 5) is 42.2. The van der Waals surface area contributed by atoms with E-state index in [4.69, 9.17) is 13.7 Å². The number of carbonyl (C=O) groups is 3. The van der Waals surface area contributed by atoms with Crippen molar-refractivity contribution in [2.75, 3.05) is 45.1 Å². The molecule has 0 atom stereocenters. The Labute approximate surface area is 304 Å². The molecule has 0 spiro atoms. The van der Waals surface area contributed by atoms with Gasteiger partial charge in [-0.15, -0.1) is 0 Å². The highest BCUT2D eigenvalue weighted by atomic mass is 32.2. The summed E-state index contributed by atoms with van der Waals surface area (Å²) in [6.07, 6.45) is 8.31. The molecule has 52 heavy (non-hydrogen) atoms. The molecule has 284 valence electrons. The zero-order valence-corrected chi connectivity index (χ0v) is 31.1. The fraction of sp³-hybridized carbons (Fsp3) is 0.441. The quantitative estimate of drug-likeness (QED) is 0.0694. The lowest BCUT2D eigenvalue weighted by Crippen LogP contribution is -2.38. The van der Waals surface area contributed by atoms with Crippen LogP contribution in [0, 0.1) is 0 Å². The molecule has 16 nitrogen and oxygen atoms in total. The molecule has 3 heterocycles. The molecule has 3 amide bonds. The average molecular weight is 765 g/mol. The maximum atomic E-state index is 12.1. The third-order valence-electron chi connectivity index (χ3n) is 7.92. The predicted octanol–water partition coefficient (Wildman–Crippen LogP) is 2.76. The van der Waals surface area contributed by atoms with Crippen molar-refractivity contribution in [3.8, 4) is 28.5 Å². The van der Waals surface area contributed by atoms with Gasteiger partial charge in [0.15, 0.2) is 18.2 Å². The number of nitrogens with one attached hydrogen (secondary N) is 1. The minimum atomic E-state index is -4.68. The molecule has 0 radical (unpaired) electrons. The number of aryl methyl sites for hydroxylation is 1. The van der Waals surface area contributed by atoms with Gasteiger partial charge < -0.3 is 19.4 Å². The lowest BCUT2D eigenvalue weighted by Gasteiger charge is -2.14. The summed E-state index contributed by atoms with van der Waals surface area (Å²) in [5.74, 6) is -1.09. The van der Waals surface area contributed by atoms with Crippen LogP contribution in [-0.4, -0.2) is 104 Å². The van der Waals surface area contributed by atoms with Crippen molar-refractivity contribution >= 4 is 38.0 Å². The van der Waals surface area contributed by atoms with Crippen molar-refractivity contribution in [2.45, 2.75) is 57.9 Å². The van der Waals surface area contributed by atoms with Gasteiger partial charge in [0.05, 0.1) is 18.6 Å². The molecule has 18 heteroatoms. The van der Waals surface area contributed by atoms with Gasteiger partial charge in [0, 0.05) is 61.3 Å². The Balaban J connectivity index is 0.000000944. The van der Waals surface area contributed by atoms with Crippen LogP contribution in [0.1, 0.15) is 46.5 Å². The van der Waals surface area contributed by atoms with E-state index in [1.54, 1.807) is 35.2 Å². The highest BCUT2D eigenvalue weighted by Crippen LogP contribution is 2.32. The van der Waals surface area contributed by atoms with Gasteiger partial charge in [0.2, 0.25) is 11.8 Å². The third-order valence-corrected chi connectivity index (χ3v) is 9.60. The Bertz CT molecular complexity index is 1880. The molecule has 4 rings (SSSR count). The Morgan fingerprint density at radius 3 is 2.17 bits per heavy atom. The molecule has 0 bridgehead atoms. The number of benzene rings is 1. The minimum Gasteiger partial charge on any atom is -0.492 e. The lowest BCUT2D eigenvalue weighted by atomic mass is 10.2. The number of hydrogen-bond acceptors (Lipinski definition) is 11. The second-order valence-electron chi connectivity index (χ2n) is 11.6. The van der Waals surface area contributed by atoms with Gasteiger partial charge in [0.1, 0.15) is 17.2 Å². The second kappa shape index (κ2) is 19.9. The lowest BCUT2D eigenvalue weighted by molar-refractivity contribution is -0.696. The van der Waals surface area contributed by atoms with Crippen LogP contribution in [0.5, 0.6) is 5.75 Å². The number of oxazole rings is 1. The summed E-state index contributed by atoms with van der Waals surface area (Å²) in [6.45, 7) is 10.7. The first-order valence-electron chi connectivity index (χ1n) is 16.8. The molecule has 0 unspecified atom stereocenters. The molecular formula is C34H46N5O11S2+. The summed E-state index contributed by atoms with van der Waals surface area (Å²) in [6, 6.07) is 7.51. The maximum absolute atomic E-state index is 12.1.